The molecule has 1 aromatic rings. The summed E-state index contributed by atoms with van der Waals surface area (Å²) in [4.78, 5) is 13.3. The van der Waals surface area contributed by atoms with Gasteiger partial charge in [0.05, 0.1) is 17.1 Å². The fourth-order valence-corrected chi connectivity index (χ4v) is 1.71. The zero-order valence-corrected chi connectivity index (χ0v) is 10.6. The molecule has 0 aromatic heterocycles. The minimum absolute atomic E-state index is 0.0415. The molecule has 0 fully saturated rings. The minimum atomic E-state index is -0.147. The fraction of sp³-hybridized carbons (Fsp3) is 0.417. The third-order valence-electron chi connectivity index (χ3n) is 2.66. The van der Waals surface area contributed by atoms with Gasteiger partial charge in [0.15, 0.2) is 6.61 Å². The van der Waals surface area contributed by atoms with Crippen LogP contribution < -0.4 is 21.1 Å². The van der Waals surface area contributed by atoms with Gasteiger partial charge in [-0.25, -0.2) is 0 Å². The van der Waals surface area contributed by atoms with Gasteiger partial charge in [0.25, 0.3) is 5.91 Å². The van der Waals surface area contributed by atoms with Gasteiger partial charge in [-0.15, -0.1) is 0 Å². The normalized spacial score (nSPS) is 13.8. The van der Waals surface area contributed by atoms with Gasteiger partial charge in [-0.3, -0.25) is 4.79 Å². The molecule has 0 atom stereocenters. The third-order valence-corrected chi connectivity index (χ3v) is 2.66. The Labute approximate surface area is 106 Å². The molecule has 6 nitrogen and oxygen atoms in total. The highest BCUT2D eigenvalue weighted by molar-refractivity contribution is 5.97. The molecule has 0 bridgehead atoms. The molecule has 98 valence electrons. The lowest BCUT2D eigenvalue weighted by Crippen LogP contribution is -2.26. The van der Waals surface area contributed by atoms with Gasteiger partial charge in [0.1, 0.15) is 5.75 Å². The van der Waals surface area contributed by atoms with Gasteiger partial charge < -0.3 is 26.0 Å². The van der Waals surface area contributed by atoms with Crippen molar-refractivity contribution in [2.45, 2.75) is 0 Å². The Bertz CT molecular complexity index is 460. The number of anilines is 3. The zero-order valence-electron chi connectivity index (χ0n) is 10.6. The van der Waals surface area contributed by atoms with E-state index < -0.39 is 0 Å². The predicted molar refractivity (Wildman–Crippen MR) is 72.0 cm³/mol. The highest BCUT2D eigenvalue weighted by Gasteiger charge is 2.17. The van der Waals surface area contributed by atoms with E-state index in [9.17, 15) is 4.79 Å². The Morgan fingerprint density at radius 1 is 1.50 bits per heavy atom. The van der Waals surface area contributed by atoms with Crippen molar-refractivity contribution in [2.24, 2.45) is 0 Å². The summed E-state index contributed by atoms with van der Waals surface area (Å²) < 4.78 is 5.29. The number of carbonyl (C=O) groups excluding carboxylic acids is 1. The van der Waals surface area contributed by atoms with Crippen LogP contribution in [-0.4, -0.2) is 44.6 Å². The maximum absolute atomic E-state index is 11.2. The second-order valence-electron chi connectivity index (χ2n) is 4.50. The summed E-state index contributed by atoms with van der Waals surface area (Å²) in [6, 6.07) is 3.53. The van der Waals surface area contributed by atoms with Crippen LogP contribution in [0.25, 0.3) is 0 Å². The summed E-state index contributed by atoms with van der Waals surface area (Å²) in [5.41, 5.74) is 8.01. The standard InChI is InChI=1S/C12H18N4O2/c1-16(2)4-3-14-9-6-10-11(5-8(9)13)18-7-12(17)15-10/h5-6,14H,3-4,7,13H2,1-2H3,(H,15,17). The topological polar surface area (TPSA) is 79.6 Å². The van der Waals surface area contributed by atoms with E-state index >= 15 is 0 Å². The Balaban J connectivity index is 2.11. The molecule has 0 radical (unpaired) electrons. The second-order valence-corrected chi connectivity index (χ2v) is 4.50. The van der Waals surface area contributed by atoms with E-state index in [1.54, 1.807) is 12.1 Å². The number of nitrogens with two attached hydrogens (primary N) is 1. The van der Waals surface area contributed by atoms with Crippen LogP contribution in [0.3, 0.4) is 0 Å². The van der Waals surface area contributed by atoms with Crippen molar-refractivity contribution >= 4 is 23.0 Å². The largest absolute Gasteiger partial charge is 0.482 e. The quantitative estimate of drug-likeness (QED) is 0.681. The van der Waals surface area contributed by atoms with E-state index in [0.29, 0.717) is 17.1 Å². The SMILES string of the molecule is CN(C)CCNc1cc2c(cc1N)OCC(=O)N2. The number of fused-ring (bicyclic) bond motifs is 1. The number of rotatable bonds is 4. The smallest absolute Gasteiger partial charge is 0.262 e. The van der Waals surface area contributed by atoms with Crippen LogP contribution >= 0.6 is 0 Å². The van der Waals surface area contributed by atoms with E-state index in [1.165, 1.54) is 0 Å². The third kappa shape index (κ3) is 2.84. The number of benzene rings is 1. The fourth-order valence-electron chi connectivity index (χ4n) is 1.71. The van der Waals surface area contributed by atoms with Crippen LogP contribution in [0, 0.1) is 0 Å². The number of nitrogens with one attached hydrogen (secondary N) is 2. The summed E-state index contributed by atoms with van der Waals surface area (Å²) >= 11 is 0. The number of likely N-dealkylation sites (N-methyl/N-ethyl adjacent to an activating group) is 1. The Morgan fingerprint density at radius 2 is 2.28 bits per heavy atom. The van der Waals surface area contributed by atoms with E-state index in [1.807, 2.05) is 14.1 Å². The molecule has 2 rings (SSSR count). The Morgan fingerprint density at radius 3 is 3.00 bits per heavy atom. The van der Waals surface area contributed by atoms with Gasteiger partial charge in [0, 0.05) is 19.2 Å². The highest BCUT2D eigenvalue weighted by Crippen LogP contribution is 2.34. The second kappa shape index (κ2) is 5.14. The highest BCUT2D eigenvalue weighted by atomic mass is 16.5. The molecular formula is C12H18N4O2. The van der Waals surface area contributed by atoms with E-state index in [0.717, 1.165) is 18.8 Å². The number of hydrogen-bond acceptors (Lipinski definition) is 5. The van der Waals surface area contributed by atoms with Crippen LogP contribution in [0.2, 0.25) is 0 Å². The van der Waals surface area contributed by atoms with Gasteiger partial charge in [0.2, 0.25) is 0 Å². The maximum Gasteiger partial charge on any atom is 0.262 e. The van der Waals surface area contributed by atoms with Gasteiger partial charge >= 0.3 is 0 Å². The molecule has 0 unspecified atom stereocenters. The molecule has 6 heteroatoms. The van der Waals surface area contributed by atoms with Crippen molar-refractivity contribution in [1.29, 1.82) is 0 Å². The maximum atomic E-state index is 11.2. The molecule has 4 N–H and O–H groups in total. The van der Waals surface area contributed by atoms with Crippen molar-refractivity contribution < 1.29 is 9.53 Å². The van der Waals surface area contributed by atoms with Crippen molar-refractivity contribution in [3.8, 4) is 5.75 Å². The number of ether oxygens (including phenoxy) is 1. The molecule has 18 heavy (non-hydrogen) atoms. The molecule has 1 amide bonds. The molecular weight excluding hydrogens is 232 g/mol. The van der Waals surface area contributed by atoms with Crippen molar-refractivity contribution in [1.82, 2.24) is 4.90 Å². The van der Waals surface area contributed by atoms with Crippen molar-refractivity contribution in [3.63, 3.8) is 0 Å². The minimum Gasteiger partial charge on any atom is -0.482 e. The average molecular weight is 250 g/mol. The number of amides is 1. The lowest BCUT2D eigenvalue weighted by atomic mass is 10.2. The molecule has 0 saturated carbocycles. The number of nitrogen functional groups attached to an aromatic ring is 1. The first-order valence-electron chi connectivity index (χ1n) is 5.81. The van der Waals surface area contributed by atoms with Crippen LogP contribution in [0.1, 0.15) is 0 Å². The van der Waals surface area contributed by atoms with Crippen LogP contribution in [0.4, 0.5) is 17.1 Å². The molecule has 0 spiro atoms. The van der Waals surface area contributed by atoms with Crippen LogP contribution in [0.15, 0.2) is 12.1 Å². The molecule has 1 aliphatic heterocycles. The summed E-state index contributed by atoms with van der Waals surface area (Å²) in [6.07, 6.45) is 0. The summed E-state index contributed by atoms with van der Waals surface area (Å²) in [6.45, 7) is 1.73. The summed E-state index contributed by atoms with van der Waals surface area (Å²) in [5, 5.41) is 5.99. The molecule has 1 aromatic carbocycles. The Kier molecular flexibility index (Phi) is 3.57. The van der Waals surface area contributed by atoms with E-state index in [2.05, 4.69) is 15.5 Å². The number of hydrogen-bond donors (Lipinski definition) is 3. The van der Waals surface area contributed by atoms with Gasteiger partial charge in [-0.1, -0.05) is 0 Å². The van der Waals surface area contributed by atoms with Crippen LogP contribution in [0.5, 0.6) is 5.75 Å². The zero-order chi connectivity index (χ0) is 13.1. The summed E-state index contributed by atoms with van der Waals surface area (Å²) in [5.74, 6) is 0.469. The van der Waals surface area contributed by atoms with Crippen molar-refractivity contribution in [3.05, 3.63) is 12.1 Å². The molecule has 1 aliphatic rings. The lowest BCUT2D eigenvalue weighted by molar-refractivity contribution is -0.118. The lowest BCUT2D eigenvalue weighted by Gasteiger charge is -2.20. The molecule has 0 saturated heterocycles. The van der Waals surface area contributed by atoms with E-state index in [4.69, 9.17) is 10.5 Å². The van der Waals surface area contributed by atoms with E-state index in [-0.39, 0.29) is 12.5 Å². The number of carbonyl (C=O) groups is 1. The first-order valence-corrected chi connectivity index (χ1v) is 5.81. The number of nitrogens with zero attached hydrogens (tertiary/aromatic N) is 1. The van der Waals surface area contributed by atoms with Crippen molar-refractivity contribution in [2.75, 3.05) is 50.2 Å². The first kappa shape index (κ1) is 12.5. The molecule has 0 aliphatic carbocycles. The average Bonchev–Trinajstić information content (AvgIpc) is 2.30. The Hall–Kier alpha value is -1.95. The first-order chi connectivity index (χ1) is 8.56. The van der Waals surface area contributed by atoms with Crippen LogP contribution in [-0.2, 0) is 4.79 Å². The monoisotopic (exact) mass is 250 g/mol. The van der Waals surface area contributed by atoms with Gasteiger partial charge in [-0.05, 0) is 20.2 Å². The molecule has 1 heterocycles. The summed E-state index contributed by atoms with van der Waals surface area (Å²) in [7, 11) is 4.01. The van der Waals surface area contributed by atoms with Gasteiger partial charge in [-0.2, -0.15) is 0 Å². The predicted octanol–water partition coefficient (Wildman–Crippen LogP) is 0.573.